The Kier molecular flexibility index (Phi) is 5.57. The summed E-state index contributed by atoms with van der Waals surface area (Å²) in [6, 6.07) is 9.93. The summed E-state index contributed by atoms with van der Waals surface area (Å²) in [5, 5.41) is 8.83. The van der Waals surface area contributed by atoms with Gasteiger partial charge in [-0.3, -0.25) is 4.79 Å². The molecule has 0 aliphatic carbocycles. The third-order valence-electron chi connectivity index (χ3n) is 2.47. The van der Waals surface area contributed by atoms with E-state index in [1.54, 1.807) is 0 Å². The zero-order valence-electron chi connectivity index (χ0n) is 9.56. The van der Waals surface area contributed by atoms with Crippen molar-refractivity contribution in [2.24, 2.45) is 0 Å². The Balaban J connectivity index is 2.59. The topological polar surface area (TPSA) is 46.5 Å². The van der Waals surface area contributed by atoms with Gasteiger partial charge in [0, 0.05) is 19.4 Å². The standard InChI is InChI=1S/C13H18O3/c1-11(15)16-10-13(8-5-9-14)12-6-3-2-4-7-12/h2-4,6-7,13-14H,5,8-10H2,1H3/t13-/m0/s1. The third kappa shape index (κ3) is 4.45. The maximum absolute atomic E-state index is 10.8. The zero-order chi connectivity index (χ0) is 11.8. The molecule has 88 valence electrons. The first-order chi connectivity index (χ1) is 7.74. The van der Waals surface area contributed by atoms with Crippen LogP contribution < -0.4 is 0 Å². The molecule has 0 aliphatic rings. The lowest BCUT2D eigenvalue weighted by Gasteiger charge is -2.16. The molecule has 0 fully saturated rings. The van der Waals surface area contributed by atoms with E-state index in [1.807, 2.05) is 30.3 Å². The van der Waals surface area contributed by atoms with E-state index in [0.717, 1.165) is 18.4 Å². The van der Waals surface area contributed by atoms with Gasteiger partial charge in [0.05, 0.1) is 6.61 Å². The van der Waals surface area contributed by atoms with Crippen LogP contribution in [-0.4, -0.2) is 24.3 Å². The number of benzene rings is 1. The minimum Gasteiger partial charge on any atom is -0.465 e. The van der Waals surface area contributed by atoms with Crippen molar-refractivity contribution < 1.29 is 14.6 Å². The molecule has 1 N–H and O–H groups in total. The quantitative estimate of drug-likeness (QED) is 0.750. The van der Waals surface area contributed by atoms with E-state index in [2.05, 4.69) is 0 Å². The molecule has 0 heterocycles. The molecule has 0 unspecified atom stereocenters. The lowest BCUT2D eigenvalue weighted by molar-refractivity contribution is -0.141. The molecule has 1 rings (SSSR count). The fourth-order valence-electron chi connectivity index (χ4n) is 1.63. The van der Waals surface area contributed by atoms with E-state index < -0.39 is 0 Å². The monoisotopic (exact) mass is 222 g/mol. The molecule has 0 aliphatic heterocycles. The number of carbonyl (C=O) groups excluding carboxylic acids is 1. The van der Waals surface area contributed by atoms with Crippen molar-refractivity contribution in [1.82, 2.24) is 0 Å². The Morgan fingerprint density at radius 2 is 2.06 bits per heavy atom. The average Bonchev–Trinajstić information content (AvgIpc) is 2.30. The highest BCUT2D eigenvalue weighted by Crippen LogP contribution is 2.21. The number of esters is 1. The average molecular weight is 222 g/mol. The lowest BCUT2D eigenvalue weighted by Crippen LogP contribution is -2.11. The van der Waals surface area contributed by atoms with Crippen LogP contribution in [0.3, 0.4) is 0 Å². The fraction of sp³-hybridized carbons (Fsp3) is 0.462. The number of rotatable bonds is 6. The van der Waals surface area contributed by atoms with Gasteiger partial charge in [0.1, 0.15) is 0 Å². The second-order valence-electron chi connectivity index (χ2n) is 3.78. The van der Waals surface area contributed by atoms with E-state index in [0.29, 0.717) is 6.61 Å². The molecule has 3 nitrogen and oxygen atoms in total. The highest BCUT2D eigenvalue weighted by atomic mass is 16.5. The van der Waals surface area contributed by atoms with Gasteiger partial charge < -0.3 is 9.84 Å². The van der Waals surface area contributed by atoms with Crippen LogP contribution in [0.5, 0.6) is 0 Å². The molecule has 16 heavy (non-hydrogen) atoms. The maximum Gasteiger partial charge on any atom is 0.302 e. The normalized spacial score (nSPS) is 12.1. The van der Waals surface area contributed by atoms with Crippen LogP contribution in [0.2, 0.25) is 0 Å². The first-order valence-electron chi connectivity index (χ1n) is 5.53. The minimum absolute atomic E-state index is 0.170. The van der Waals surface area contributed by atoms with Gasteiger partial charge in [-0.2, -0.15) is 0 Å². The van der Waals surface area contributed by atoms with Crippen molar-refractivity contribution in [3.8, 4) is 0 Å². The Morgan fingerprint density at radius 1 is 1.38 bits per heavy atom. The Hall–Kier alpha value is -1.35. The van der Waals surface area contributed by atoms with Gasteiger partial charge in [0.25, 0.3) is 0 Å². The number of aliphatic hydroxyl groups is 1. The Labute approximate surface area is 96.1 Å². The van der Waals surface area contributed by atoms with Crippen LogP contribution in [0.4, 0.5) is 0 Å². The Bertz CT molecular complexity index is 308. The summed E-state index contributed by atoms with van der Waals surface area (Å²) in [4.78, 5) is 10.8. The van der Waals surface area contributed by atoms with Gasteiger partial charge in [-0.25, -0.2) is 0 Å². The van der Waals surface area contributed by atoms with Crippen molar-refractivity contribution in [2.75, 3.05) is 13.2 Å². The second-order valence-corrected chi connectivity index (χ2v) is 3.78. The van der Waals surface area contributed by atoms with Crippen LogP contribution in [0.1, 0.15) is 31.2 Å². The smallest absolute Gasteiger partial charge is 0.302 e. The summed E-state index contributed by atoms with van der Waals surface area (Å²) in [5.74, 6) is -0.0813. The van der Waals surface area contributed by atoms with Crippen LogP contribution in [0, 0.1) is 0 Å². The molecule has 1 aromatic carbocycles. The van der Waals surface area contributed by atoms with Crippen LogP contribution in [0.15, 0.2) is 30.3 Å². The summed E-state index contributed by atoms with van der Waals surface area (Å²) in [5.41, 5.74) is 1.15. The summed E-state index contributed by atoms with van der Waals surface area (Å²) < 4.78 is 5.03. The molecule has 0 radical (unpaired) electrons. The first-order valence-corrected chi connectivity index (χ1v) is 5.53. The summed E-state index contributed by atoms with van der Waals surface area (Å²) >= 11 is 0. The highest BCUT2D eigenvalue weighted by Gasteiger charge is 2.12. The number of carbonyl (C=O) groups is 1. The lowest BCUT2D eigenvalue weighted by atomic mass is 9.95. The summed E-state index contributed by atoms with van der Waals surface area (Å²) in [6.45, 7) is 1.97. The Morgan fingerprint density at radius 3 is 2.62 bits per heavy atom. The van der Waals surface area contributed by atoms with Crippen molar-refractivity contribution in [3.63, 3.8) is 0 Å². The van der Waals surface area contributed by atoms with E-state index in [4.69, 9.17) is 9.84 Å². The number of hydrogen-bond acceptors (Lipinski definition) is 3. The van der Waals surface area contributed by atoms with Gasteiger partial charge >= 0.3 is 5.97 Å². The number of aliphatic hydroxyl groups excluding tert-OH is 1. The first kappa shape index (κ1) is 12.7. The molecule has 1 atom stereocenters. The molecule has 0 saturated heterocycles. The van der Waals surface area contributed by atoms with Crippen molar-refractivity contribution in [1.29, 1.82) is 0 Å². The van der Waals surface area contributed by atoms with Crippen molar-refractivity contribution >= 4 is 5.97 Å². The molecule has 1 aromatic rings. The predicted octanol–water partition coefficient (Wildman–Crippen LogP) is 2.11. The second kappa shape index (κ2) is 7.01. The summed E-state index contributed by atoms with van der Waals surface area (Å²) in [7, 11) is 0. The van der Waals surface area contributed by atoms with Crippen molar-refractivity contribution in [2.45, 2.75) is 25.7 Å². The maximum atomic E-state index is 10.8. The van der Waals surface area contributed by atoms with Crippen LogP contribution >= 0.6 is 0 Å². The molecule has 0 saturated carbocycles. The number of ether oxygens (including phenoxy) is 1. The zero-order valence-corrected chi connectivity index (χ0v) is 9.56. The number of hydrogen-bond donors (Lipinski definition) is 1. The summed E-state index contributed by atoms with van der Waals surface area (Å²) in [6.07, 6.45) is 1.55. The predicted molar refractivity (Wildman–Crippen MR) is 62.1 cm³/mol. The fourth-order valence-corrected chi connectivity index (χ4v) is 1.63. The molecule has 3 heteroatoms. The van der Waals surface area contributed by atoms with E-state index in [9.17, 15) is 4.79 Å². The molecule has 0 amide bonds. The van der Waals surface area contributed by atoms with E-state index >= 15 is 0 Å². The van der Waals surface area contributed by atoms with Gasteiger partial charge in [0.15, 0.2) is 0 Å². The molecule has 0 aromatic heterocycles. The van der Waals surface area contributed by atoms with Crippen LogP contribution in [0.25, 0.3) is 0 Å². The minimum atomic E-state index is -0.259. The van der Waals surface area contributed by atoms with E-state index in [1.165, 1.54) is 6.92 Å². The SMILES string of the molecule is CC(=O)OC[C@H](CCCO)c1ccccc1. The van der Waals surface area contributed by atoms with Gasteiger partial charge in [-0.15, -0.1) is 0 Å². The van der Waals surface area contributed by atoms with Gasteiger partial charge in [-0.05, 0) is 18.4 Å². The largest absolute Gasteiger partial charge is 0.465 e. The van der Waals surface area contributed by atoms with Crippen LogP contribution in [-0.2, 0) is 9.53 Å². The van der Waals surface area contributed by atoms with Crippen molar-refractivity contribution in [3.05, 3.63) is 35.9 Å². The molecular formula is C13H18O3. The molecular weight excluding hydrogens is 204 g/mol. The van der Waals surface area contributed by atoms with E-state index in [-0.39, 0.29) is 18.5 Å². The third-order valence-corrected chi connectivity index (χ3v) is 2.47. The van der Waals surface area contributed by atoms with Gasteiger partial charge in [-0.1, -0.05) is 30.3 Å². The molecule has 0 bridgehead atoms. The molecule has 0 spiro atoms. The van der Waals surface area contributed by atoms with Gasteiger partial charge in [0.2, 0.25) is 0 Å². The highest BCUT2D eigenvalue weighted by molar-refractivity contribution is 5.65.